The van der Waals surface area contributed by atoms with Gasteiger partial charge >= 0.3 is 0 Å². The van der Waals surface area contributed by atoms with Crippen molar-refractivity contribution in [3.63, 3.8) is 0 Å². The lowest BCUT2D eigenvalue weighted by Crippen LogP contribution is -2.55. The number of aliphatic imine (C=N–C) groups is 1. The Hall–Kier alpha value is -0.810. The van der Waals surface area contributed by atoms with Crippen LogP contribution in [0.4, 0.5) is 0 Å². The third-order valence-electron chi connectivity index (χ3n) is 10.2. The fourth-order valence-electron chi connectivity index (χ4n) is 8.46. The zero-order valence-corrected chi connectivity index (χ0v) is 20.7. The number of thioether (sulfide) groups is 1. The minimum Gasteiger partial charge on any atom is -0.404 e. The number of carbonyl (C=O) groups excluding carboxylic acids is 1. The van der Waals surface area contributed by atoms with E-state index in [-0.39, 0.29) is 17.9 Å². The molecule has 0 bridgehead atoms. The van der Waals surface area contributed by atoms with Gasteiger partial charge in [-0.15, -0.1) is 11.8 Å². The Bertz CT molecular complexity index is 763. The molecular weight excluding hydrogens is 404 g/mol. The van der Waals surface area contributed by atoms with Gasteiger partial charge in [0, 0.05) is 23.2 Å². The molecule has 0 saturated heterocycles. The van der Waals surface area contributed by atoms with E-state index in [1.165, 1.54) is 38.5 Å². The van der Waals surface area contributed by atoms with Crippen LogP contribution in [-0.4, -0.2) is 35.5 Å². The highest BCUT2D eigenvalue weighted by molar-refractivity contribution is 8.03. The number of allylic oxidation sites excluding steroid dienone is 1. The molecule has 8 atom stereocenters. The molecule has 0 aromatic heterocycles. The Balaban J connectivity index is 1.47. The standard InChI is InChI=1S/C26H42N2O2S/c1-24(30)11-12-25(2)17(13-24)5-6-19-20-7-8-22(26(20,3)10-9-21(19)25)23(29)16-28-15-18(14-27)31-4/h14-15,17,19-22,30H,5-13,16,27H2,1-4H3/b18-14+,28-15?/t17-,19-,20-,21-,22+,24+,25-,26-/m0/s1. The van der Waals surface area contributed by atoms with Gasteiger partial charge in [-0.1, -0.05) is 13.8 Å². The summed E-state index contributed by atoms with van der Waals surface area (Å²) in [5.41, 5.74) is 5.64. The number of rotatable bonds is 5. The average Bonchev–Trinajstić information content (AvgIpc) is 3.09. The summed E-state index contributed by atoms with van der Waals surface area (Å²) in [6, 6.07) is 0. The zero-order valence-electron chi connectivity index (χ0n) is 19.9. The lowest BCUT2D eigenvalue weighted by molar-refractivity contribution is -0.150. The first kappa shape index (κ1) is 23.4. The highest BCUT2D eigenvalue weighted by atomic mass is 32.2. The smallest absolute Gasteiger partial charge is 0.157 e. The molecule has 174 valence electrons. The number of hydrogen-bond acceptors (Lipinski definition) is 5. The maximum Gasteiger partial charge on any atom is 0.157 e. The van der Waals surface area contributed by atoms with E-state index in [9.17, 15) is 9.90 Å². The van der Waals surface area contributed by atoms with Crippen LogP contribution in [0.2, 0.25) is 0 Å². The van der Waals surface area contributed by atoms with Gasteiger partial charge in [-0.2, -0.15) is 0 Å². The summed E-state index contributed by atoms with van der Waals surface area (Å²) in [6.45, 7) is 7.28. The predicted molar refractivity (Wildman–Crippen MR) is 130 cm³/mol. The topological polar surface area (TPSA) is 75.7 Å². The molecule has 0 aliphatic heterocycles. The lowest BCUT2D eigenvalue weighted by Gasteiger charge is -2.61. The molecule has 4 nitrogen and oxygen atoms in total. The monoisotopic (exact) mass is 446 g/mol. The van der Waals surface area contributed by atoms with Crippen molar-refractivity contribution in [3.8, 4) is 0 Å². The summed E-state index contributed by atoms with van der Waals surface area (Å²) in [4.78, 5) is 18.5. The summed E-state index contributed by atoms with van der Waals surface area (Å²) in [5, 5.41) is 10.7. The third kappa shape index (κ3) is 4.03. The van der Waals surface area contributed by atoms with Crippen molar-refractivity contribution in [2.75, 3.05) is 12.8 Å². The summed E-state index contributed by atoms with van der Waals surface area (Å²) < 4.78 is 0. The molecule has 31 heavy (non-hydrogen) atoms. The SMILES string of the molecule is CS/C(C=NCC(=O)[C@H]1CC[C@H]2[C@@H]3CC[C@H]4C[C@](C)(O)CC[C@]4(C)[C@H]3CC[C@]12C)=C/N. The number of hydrogen-bond donors (Lipinski definition) is 2. The summed E-state index contributed by atoms with van der Waals surface area (Å²) >= 11 is 1.55. The molecule has 4 aliphatic rings. The fraction of sp³-hybridized carbons (Fsp3) is 0.846. The average molecular weight is 447 g/mol. The molecule has 0 spiro atoms. The largest absolute Gasteiger partial charge is 0.404 e. The van der Waals surface area contributed by atoms with Crippen LogP contribution in [0.25, 0.3) is 0 Å². The van der Waals surface area contributed by atoms with Crippen molar-refractivity contribution in [1.82, 2.24) is 0 Å². The first-order chi connectivity index (χ1) is 14.6. The molecule has 4 aliphatic carbocycles. The molecule has 5 heteroatoms. The van der Waals surface area contributed by atoms with Crippen LogP contribution in [0, 0.1) is 40.4 Å². The first-order valence-corrected chi connectivity index (χ1v) is 13.6. The van der Waals surface area contributed by atoms with Gasteiger partial charge < -0.3 is 10.8 Å². The van der Waals surface area contributed by atoms with E-state index in [2.05, 4.69) is 18.8 Å². The Kier molecular flexibility index (Phi) is 6.42. The highest BCUT2D eigenvalue weighted by Gasteiger charge is 2.61. The fourth-order valence-corrected chi connectivity index (χ4v) is 8.78. The molecule has 4 saturated carbocycles. The molecule has 4 fully saturated rings. The Labute approximate surface area is 192 Å². The van der Waals surface area contributed by atoms with Crippen LogP contribution in [0.15, 0.2) is 16.1 Å². The van der Waals surface area contributed by atoms with E-state index in [1.54, 1.807) is 24.2 Å². The van der Waals surface area contributed by atoms with Gasteiger partial charge in [0.1, 0.15) is 0 Å². The van der Waals surface area contributed by atoms with Gasteiger partial charge in [0.05, 0.1) is 12.1 Å². The number of fused-ring (bicyclic) bond motifs is 5. The zero-order chi connectivity index (χ0) is 22.4. The van der Waals surface area contributed by atoms with Gasteiger partial charge in [-0.25, -0.2) is 0 Å². The maximum absolute atomic E-state index is 13.2. The van der Waals surface area contributed by atoms with Gasteiger partial charge in [0.2, 0.25) is 0 Å². The lowest BCUT2D eigenvalue weighted by atomic mass is 9.44. The van der Waals surface area contributed by atoms with Gasteiger partial charge in [0.15, 0.2) is 5.78 Å². The molecule has 0 aromatic carbocycles. The van der Waals surface area contributed by atoms with Crippen molar-refractivity contribution in [1.29, 1.82) is 0 Å². The second-order valence-electron chi connectivity index (χ2n) is 11.7. The third-order valence-corrected chi connectivity index (χ3v) is 10.9. The van der Waals surface area contributed by atoms with Gasteiger partial charge in [-0.3, -0.25) is 9.79 Å². The van der Waals surface area contributed by atoms with Gasteiger partial charge in [-0.05, 0) is 105 Å². The number of nitrogens with two attached hydrogens (primary N) is 1. The molecular formula is C26H42N2O2S. The summed E-state index contributed by atoms with van der Waals surface area (Å²) in [6.07, 6.45) is 15.6. The van der Waals surface area contributed by atoms with Crippen molar-refractivity contribution in [3.05, 3.63) is 11.1 Å². The number of aliphatic hydroxyl groups is 1. The maximum atomic E-state index is 13.2. The van der Waals surface area contributed by atoms with Crippen molar-refractivity contribution < 1.29 is 9.90 Å². The minimum atomic E-state index is -0.471. The second-order valence-corrected chi connectivity index (χ2v) is 12.6. The van der Waals surface area contributed by atoms with Crippen LogP contribution in [0.3, 0.4) is 0 Å². The number of ketones is 1. The van der Waals surface area contributed by atoms with Crippen LogP contribution >= 0.6 is 11.8 Å². The second kappa shape index (κ2) is 8.52. The Morgan fingerprint density at radius 3 is 2.52 bits per heavy atom. The molecule has 0 radical (unpaired) electrons. The van der Waals surface area contributed by atoms with Crippen LogP contribution in [0.1, 0.15) is 78.6 Å². The molecule has 0 amide bonds. The van der Waals surface area contributed by atoms with E-state index in [0.717, 1.165) is 36.0 Å². The number of carbonyl (C=O) groups is 1. The molecule has 4 rings (SSSR count). The van der Waals surface area contributed by atoms with E-state index in [0.29, 0.717) is 23.0 Å². The predicted octanol–water partition coefficient (Wildman–Crippen LogP) is 5.20. The van der Waals surface area contributed by atoms with E-state index >= 15 is 0 Å². The highest BCUT2D eigenvalue weighted by Crippen LogP contribution is 2.68. The van der Waals surface area contributed by atoms with Crippen LogP contribution in [-0.2, 0) is 4.79 Å². The first-order valence-electron chi connectivity index (χ1n) is 12.4. The van der Waals surface area contributed by atoms with E-state index in [4.69, 9.17) is 5.73 Å². The molecule has 0 aromatic rings. The Morgan fingerprint density at radius 1 is 1.06 bits per heavy atom. The molecule has 3 N–H and O–H groups in total. The quantitative estimate of drug-likeness (QED) is 0.569. The summed E-state index contributed by atoms with van der Waals surface area (Å²) in [7, 11) is 0. The van der Waals surface area contributed by atoms with Crippen molar-refractivity contribution in [2.24, 2.45) is 51.1 Å². The van der Waals surface area contributed by atoms with Crippen LogP contribution in [0.5, 0.6) is 0 Å². The minimum absolute atomic E-state index is 0.142. The van der Waals surface area contributed by atoms with E-state index < -0.39 is 5.60 Å². The number of nitrogens with zero attached hydrogens (tertiary/aromatic N) is 1. The van der Waals surface area contributed by atoms with Crippen molar-refractivity contribution >= 4 is 23.8 Å². The van der Waals surface area contributed by atoms with Crippen molar-refractivity contribution in [2.45, 2.75) is 84.2 Å². The van der Waals surface area contributed by atoms with Crippen LogP contribution < -0.4 is 5.73 Å². The Morgan fingerprint density at radius 2 is 1.81 bits per heavy atom. The molecule has 0 unspecified atom stereocenters. The van der Waals surface area contributed by atoms with Gasteiger partial charge in [0.25, 0.3) is 0 Å². The normalized spacial score (nSPS) is 47.6. The number of Topliss-reactive ketones (excluding diaryl/α,β-unsaturated/α-hetero) is 1. The molecule has 0 heterocycles. The summed E-state index contributed by atoms with van der Waals surface area (Å²) in [5.74, 6) is 3.35. The van der Waals surface area contributed by atoms with E-state index in [1.807, 2.05) is 13.2 Å².